The second-order valence-electron chi connectivity index (χ2n) is 7.30. The molecule has 4 nitrogen and oxygen atoms in total. The third-order valence-corrected chi connectivity index (χ3v) is 6.64. The Hall–Kier alpha value is -1.14. The van der Waals surface area contributed by atoms with E-state index in [0.29, 0.717) is 22.5 Å². The second kappa shape index (κ2) is 10.3. The quantitative estimate of drug-likeness (QED) is 0.469. The van der Waals surface area contributed by atoms with Crippen LogP contribution in [0.4, 0.5) is 5.00 Å². The lowest BCUT2D eigenvalue weighted by Gasteiger charge is -2.18. The number of carbonyl (C=O) groups excluding carboxylic acids is 1. The van der Waals surface area contributed by atoms with E-state index in [9.17, 15) is 4.79 Å². The van der Waals surface area contributed by atoms with Crippen LogP contribution in [0.5, 0.6) is 0 Å². The molecule has 2 unspecified atom stereocenters. The van der Waals surface area contributed by atoms with E-state index in [2.05, 4.69) is 31.4 Å². The lowest BCUT2D eigenvalue weighted by atomic mass is 9.88. The monoisotopic (exact) mass is 396 g/mol. The minimum absolute atomic E-state index is 0.267. The number of unbranched alkanes of at least 4 members (excludes halogenated alkanes) is 1. The molecule has 6 heteroatoms. The zero-order valence-corrected chi connectivity index (χ0v) is 18.1. The van der Waals surface area contributed by atoms with Gasteiger partial charge in [-0.05, 0) is 55.3 Å². The Bertz CT molecular complexity index is 628. The molecule has 146 valence electrons. The van der Waals surface area contributed by atoms with Crippen LogP contribution < -0.4 is 10.6 Å². The fourth-order valence-corrected chi connectivity index (χ4v) is 5.14. The predicted octanol–water partition coefficient (Wildman–Crippen LogP) is 5.16. The molecule has 1 aliphatic carbocycles. The van der Waals surface area contributed by atoms with Crippen LogP contribution in [0, 0.1) is 11.8 Å². The number of carbonyl (C=O) groups is 1. The largest absolute Gasteiger partial charge is 0.465 e. The van der Waals surface area contributed by atoms with Gasteiger partial charge in [0.2, 0.25) is 0 Å². The van der Waals surface area contributed by atoms with Crippen molar-refractivity contribution in [3.8, 4) is 0 Å². The number of fused-ring (bicyclic) bond motifs is 1. The van der Waals surface area contributed by atoms with Crippen molar-refractivity contribution >= 4 is 39.6 Å². The summed E-state index contributed by atoms with van der Waals surface area (Å²) in [6, 6.07) is 0. The molecule has 0 aromatic carbocycles. The Labute approximate surface area is 167 Å². The smallest absolute Gasteiger partial charge is 0.341 e. The van der Waals surface area contributed by atoms with E-state index in [1.807, 2.05) is 0 Å². The van der Waals surface area contributed by atoms with Crippen LogP contribution in [0.3, 0.4) is 0 Å². The topological polar surface area (TPSA) is 50.4 Å². The van der Waals surface area contributed by atoms with Crippen molar-refractivity contribution in [2.75, 3.05) is 19.0 Å². The fraction of sp³-hybridized carbons (Fsp3) is 0.700. The zero-order valence-electron chi connectivity index (χ0n) is 16.4. The number of rotatable bonds is 8. The number of hydrogen-bond donors (Lipinski definition) is 2. The molecule has 0 aliphatic heterocycles. The molecule has 0 amide bonds. The van der Waals surface area contributed by atoms with Gasteiger partial charge in [0, 0.05) is 11.4 Å². The van der Waals surface area contributed by atoms with E-state index >= 15 is 0 Å². The molecule has 1 aromatic heterocycles. The van der Waals surface area contributed by atoms with Crippen LogP contribution in [0.25, 0.3) is 0 Å². The fourth-order valence-electron chi connectivity index (χ4n) is 3.48. The summed E-state index contributed by atoms with van der Waals surface area (Å²) in [5.74, 6) is 1.03. The highest BCUT2D eigenvalue weighted by Crippen LogP contribution is 2.40. The average Bonchev–Trinajstić information content (AvgIpc) is 2.97. The Morgan fingerprint density at radius 3 is 2.85 bits per heavy atom. The summed E-state index contributed by atoms with van der Waals surface area (Å²) in [5.41, 5.74) is 1.83. The molecule has 2 N–H and O–H groups in total. The van der Waals surface area contributed by atoms with Gasteiger partial charge in [0.25, 0.3) is 0 Å². The van der Waals surface area contributed by atoms with Crippen molar-refractivity contribution < 1.29 is 9.53 Å². The van der Waals surface area contributed by atoms with Gasteiger partial charge in [-0.1, -0.05) is 40.0 Å². The summed E-state index contributed by atoms with van der Waals surface area (Å²) >= 11 is 7.15. The van der Waals surface area contributed by atoms with Crippen LogP contribution in [0.15, 0.2) is 0 Å². The number of ether oxygens (including phenoxy) is 1. The Kier molecular flexibility index (Phi) is 8.35. The molecule has 0 bridgehead atoms. The maximum absolute atomic E-state index is 12.3. The first-order valence-electron chi connectivity index (χ1n) is 9.77. The minimum Gasteiger partial charge on any atom is -0.465 e. The van der Waals surface area contributed by atoms with Crippen molar-refractivity contribution in [2.45, 2.75) is 65.7 Å². The predicted molar refractivity (Wildman–Crippen MR) is 114 cm³/mol. The highest BCUT2D eigenvalue weighted by atomic mass is 32.1. The summed E-state index contributed by atoms with van der Waals surface area (Å²) in [7, 11) is 1.44. The highest BCUT2D eigenvalue weighted by molar-refractivity contribution is 7.80. The van der Waals surface area contributed by atoms with Crippen LogP contribution in [0.2, 0.25) is 0 Å². The average molecular weight is 397 g/mol. The third kappa shape index (κ3) is 5.43. The number of esters is 1. The van der Waals surface area contributed by atoms with Crippen LogP contribution in [-0.4, -0.2) is 24.7 Å². The van der Waals surface area contributed by atoms with Crippen molar-refractivity contribution in [1.29, 1.82) is 0 Å². The summed E-state index contributed by atoms with van der Waals surface area (Å²) in [4.78, 5) is 13.6. The van der Waals surface area contributed by atoms with Gasteiger partial charge < -0.3 is 15.4 Å². The Balaban J connectivity index is 2.06. The maximum atomic E-state index is 12.3. The van der Waals surface area contributed by atoms with Crippen LogP contribution in [-0.2, 0) is 17.6 Å². The lowest BCUT2D eigenvalue weighted by molar-refractivity contribution is 0.0601. The summed E-state index contributed by atoms with van der Waals surface area (Å²) in [6.07, 6.45) is 7.93. The molecule has 0 fully saturated rings. The van der Waals surface area contributed by atoms with Crippen LogP contribution in [0.1, 0.15) is 73.7 Å². The molecule has 1 aliphatic rings. The standard InChI is InChI=1S/C20H32N2O2S2/c1-5-7-8-14(6-2)12-21-20(25)22-18-17(19(23)24-4)15-10-9-13(3)11-16(15)26-18/h13-14H,5-12H2,1-4H3,(H2,21,22,25). The van der Waals surface area contributed by atoms with Gasteiger partial charge >= 0.3 is 5.97 Å². The molecule has 0 saturated heterocycles. The van der Waals surface area contributed by atoms with Crippen molar-refractivity contribution in [3.05, 3.63) is 16.0 Å². The molecule has 26 heavy (non-hydrogen) atoms. The first-order chi connectivity index (χ1) is 12.5. The van der Waals surface area contributed by atoms with E-state index in [-0.39, 0.29) is 5.97 Å². The zero-order chi connectivity index (χ0) is 19.1. The van der Waals surface area contributed by atoms with Gasteiger partial charge in [-0.15, -0.1) is 11.3 Å². The summed E-state index contributed by atoms with van der Waals surface area (Å²) < 4.78 is 5.03. The number of anilines is 1. The molecular formula is C20H32N2O2S2. The third-order valence-electron chi connectivity index (χ3n) is 5.22. The number of thiocarbonyl (C=S) groups is 1. The lowest BCUT2D eigenvalue weighted by Crippen LogP contribution is -2.33. The van der Waals surface area contributed by atoms with E-state index < -0.39 is 0 Å². The van der Waals surface area contributed by atoms with Crippen molar-refractivity contribution in [2.24, 2.45) is 11.8 Å². The van der Waals surface area contributed by atoms with E-state index in [1.54, 1.807) is 11.3 Å². The number of hydrogen-bond acceptors (Lipinski definition) is 4. The molecule has 0 spiro atoms. The normalized spacial score (nSPS) is 17.3. The highest BCUT2D eigenvalue weighted by Gasteiger charge is 2.28. The van der Waals surface area contributed by atoms with Crippen molar-refractivity contribution in [1.82, 2.24) is 5.32 Å². The minimum atomic E-state index is -0.267. The van der Waals surface area contributed by atoms with Gasteiger partial charge in [-0.25, -0.2) is 4.79 Å². The molecule has 2 atom stereocenters. The van der Waals surface area contributed by atoms with Gasteiger partial charge in [0.05, 0.1) is 12.7 Å². The molecule has 0 saturated carbocycles. The maximum Gasteiger partial charge on any atom is 0.341 e. The second-order valence-corrected chi connectivity index (χ2v) is 8.81. The van der Waals surface area contributed by atoms with E-state index in [1.165, 1.54) is 31.2 Å². The van der Waals surface area contributed by atoms with Crippen LogP contribution >= 0.6 is 23.6 Å². The van der Waals surface area contributed by atoms with E-state index in [0.717, 1.165) is 42.8 Å². The number of nitrogens with one attached hydrogen (secondary N) is 2. The summed E-state index contributed by atoms with van der Waals surface area (Å²) in [6.45, 7) is 7.58. The number of thiophene rings is 1. The van der Waals surface area contributed by atoms with Gasteiger partial charge in [0.15, 0.2) is 5.11 Å². The summed E-state index contributed by atoms with van der Waals surface area (Å²) in [5, 5.41) is 8.03. The SMILES string of the molecule is CCCCC(CC)CNC(=S)Nc1sc2c(c1C(=O)OC)CCC(C)C2. The number of methoxy groups -OCH3 is 1. The molecule has 0 radical (unpaired) electrons. The van der Waals surface area contributed by atoms with Gasteiger partial charge in [-0.3, -0.25) is 0 Å². The van der Waals surface area contributed by atoms with Crippen molar-refractivity contribution in [3.63, 3.8) is 0 Å². The van der Waals surface area contributed by atoms with Gasteiger partial charge in [0.1, 0.15) is 5.00 Å². The molecule has 1 aromatic rings. The molecular weight excluding hydrogens is 364 g/mol. The first-order valence-corrected chi connectivity index (χ1v) is 11.0. The van der Waals surface area contributed by atoms with E-state index in [4.69, 9.17) is 17.0 Å². The Morgan fingerprint density at radius 2 is 2.19 bits per heavy atom. The van der Waals surface area contributed by atoms with Gasteiger partial charge in [-0.2, -0.15) is 0 Å². The molecule has 2 rings (SSSR count). The Morgan fingerprint density at radius 1 is 1.42 bits per heavy atom. The first kappa shape index (κ1) is 21.2. The molecule has 1 heterocycles.